The van der Waals surface area contributed by atoms with Crippen molar-refractivity contribution in [3.05, 3.63) is 30.8 Å². The molecule has 0 aliphatic carbocycles. The first kappa shape index (κ1) is 18.3. The Labute approximate surface area is 151 Å². The summed E-state index contributed by atoms with van der Waals surface area (Å²) in [6.07, 6.45) is 4.14. The number of carbonyl (C=O) groups is 1. The van der Waals surface area contributed by atoms with E-state index in [0.29, 0.717) is 29.7 Å². The van der Waals surface area contributed by atoms with Gasteiger partial charge in [-0.05, 0) is 37.9 Å². The van der Waals surface area contributed by atoms with Crippen LogP contribution in [0.5, 0.6) is 11.6 Å². The van der Waals surface area contributed by atoms with Crippen molar-refractivity contribution in [1.82, 2.24) is 14.9 Å². The number of amides is 1. The van der Waals surface area contributed by atoms with Crippen molar-refractivity contribution in [3.63, 3.8) is 0 Å². The number of likely N-dealkylation sites (tertiary alicyclic amines) is 1. The minimum atomic E-state index is -0.757. The number of nitrogens with zero attached hydrogens (tertiary/aromatic N) is 3. The van der Waals surface area contributed by atoms with E-state index < -0.39 is 24.7 Å². The van der Waals surface area contributed by atoms with Gasteiger partial charge >= 0.3 is 0 Å². The molecule has 2 aromatic rings. The van der Waals surface area contributed by atoms with Gasteiger partial charge in [0.2, 0.25) is 11.8 Å². The SMILES string of the molecule is COc1ccc2ncc(OC(CF)CN3CC[CH]CC3C(N)=O)nc2c1. The summed E-state index contributed by atoms with van der Waals surface area (Å²) >= 11 is 0. The summed E-state index contributed by atoms with van der Waals surface area (Å²) < 4.78 is 24.4. The average Bonchev–Trinajstić information content (AvgIpc) is 2.67. The Kier molecular flexibility index (Phi) is 5.82. The molecule has 1 radical (unpaired) electrons. The van der Waals surface area contributed by atoms with E-state index in [2.05, 4.69) is 9.97 Å². The number of nitrogens with two attached hydrogens (primary N) is 1. The summed E-state index contributed by atoms with van der Waals surface area (Å²) in [6, 6.07) is 4.90. The number of primary amides is 1. The van der Waals surface area contributed by atoms with E-state index in [4.69, 9.17) is 15.2 Å². The fraction of sp³-hybridized carbons (Fsp3) is 0.444. The third kappa shape index (κ3) is 4.19. The molecule has 1 aliphatic rings. The zero-order valence-corrected chi connectivity index (χ0v) is 14.6. The first-order valence-electron chi connectivity index (χ1n) is 8.49. The van der Waals surface area contributed by atoms with E-state index in [-0.39, 0.29) is 12.4 Å². The highest BCUT2D eigenvalue weighted by molar-refractivity contribution is 5.80. The molecule has 1 aromatic carbocycles. The summed E-state index contributed by atoms with van der Waals surface area (Å²) in [7, 11) is 1.57. The standard InChI is InChI=1S/C18H22FN4O3/c1-25-12-5-6-14-15(8-12)22-17(10-21-14)26-13(9-19)11-23-7-3-2-4-16(23)18(20)24/h2,5-6,8,10,13,16H,3-4,7,9,11H2,1H3,(H2,20,24). The summed E-state index contributed by atoms with van der Waals surface area (Å²) in [5, 5.41) is 0. The van der Waals surface area contributed by atoms with Gasteiger partial charge in [-0.25, -0.2) is 14.4 Å². The zero-order chi connectivity index (χ0) is 18.5. The van der Waals surface area contributed by atoms with Gasteiger partial charge in [0, 0.05) is 12.6 Å². The van der Waals surface area contributed by atoms with Crippen LogP contribution in [0.1, 0.15) is 12.8 Å². The molecule has 2 atom stereocenters. The van der Waals surface area contributed by atoms with Crippen LogP contribution < -0.4 is 15.2 Å². The Morgan fingerprint density at radius 1 is 1.46 bits per heavy atom. The van der Waals surface area contributed by atoms with Crippen LogP contribution in [0.3, 0.4) is 0 Å². The molecule has 139 valence electrons. The highest BCUT2D eigenvalue weighted by Crippen LogP contribution is 2.21. The molecule has 1 aliphatic heterocycles. The van der Waals surface area contributed by atoms with Gasteiger partial charge in [-0.2, -0.15) is 0 Å². The Bertz CT molecular complexity index is 773. The average molecular weight is 361 g/mol. The van der Waals surface area contributed by atoms with Crippen molar-refractivity contribution in [2.24, 2.45) is 5.73 Å². The van der Waals surface area contributed by atoms with Crippen LogP contribution in [-0.2, 0) is 4.79 Å². The summed E-state index contributed by atoms with van der Waals surface area (Å²) in [6.45, 7) is 0.202. The number of ether oxygens (including phenoxy) is 2. The molecule has 2 N–H and O–H groups in total. The molecule has 2 unspecified atom stereocenters. The van der Waals surface area contributed by atoms with Crippen LogP contribution in [0.25, 0.3) is 11.0 Å². The van der Waals surface area contributed by atoms with Gasteiger partial charge in [0.25, 0.3) is 0 Å². The second kappa shape index (κ2) is 8.27. The fourth-order valence-electron chi connectivity index (χ4n) is 3.06. The van der Waals surface area contributed by atoms with E-state index in [9.17, 15) is 9.18 Å². The lowest BCUT2D eigenvalue weighted by Crippen LogP contribution is -2.51. The molecule has 1 aromatic heterocycles. The minimum absolute atomic E-state index is 0.229. The molecule has 1 saturated heterocycles. The minimum Gasteiger partial charge on any atom is -0.497 e. The van der Waals surface area contributed by atoms with Crippen LogP contribution >= 0.6 is 0 Å². The maximum atomic E-state index is 13.5. The summed E-state index contributed by atoms with van der Waals surface area (Å²) in [5.41, 5.74) is 6.74. The second-order valence-electron chi connectivity index (χ2n) is 6.18. The van der Waals surface area contributed by atoms with Gasteiger partial charge in [-0.3, -0.25) is 9.69 Å². The quantitative estimate of drug-likeness (QED) is 0.804. The van der Waals surface area contributed by atoms with Gasteiger partial charge in [0.05, 0.1) is 30.4 Å². The van der Waals surface area contributed by atoms with Crippen molar-refractivity contribution in [1.29, 1.82) is 0 Å². The number of benzene rings is 1. The van der Waals surface area contributed by atoms with Crippen molar-refractivity contribution in [2.45, 2.75) is 25.0 Å². The number of piperidine rings is 1. The molecular weight excluding hydrogens is 339 g/mol. The van der Waals surface area contributed by atoms with E-state index >= 15 is 0 Å². The maximum absolute atomic E-state index is 13.5. The third-order valence-corrected chi connectivity index (χ3v) is 4.40. The van der Waals surface area contributed by atoms with Crippen LogP contribution in [-0.4, -0.2) is 59.8 Å². The molecule has 7 nitrogen and oxygen atoms in total. The van der Waals surface area contributed by atoms with Crippen LogP contribution in [0, 0.1) is 6.42 Å². The van der Waals surface area contributed by atoms with Gasteiger partial charge in [0.1, 0.15) is 18.5 Å². The number of fused-ring (bicyclic) bond motifs is 1. The highest BCUT2D eigenvalue weighted by atomic mass is 19.1. The van der Waals surface area contributed by atoms with Gasteiger partial charge in [0.15, 0.2) is 0 Å². The van der Waals surface area contributed by atoms with E-state index in [0.717, 1.165) is 6.42 Å². The molecule has 2 heterocycles. The molecule has 1 amide bonds. The lowest BCUT2D eigenvalue weighted by Gasteiger charge is -2.35. The van der Waals surface area contributed by atoms with Crippen LogP contribution in [0.4, 0.5) is 4.39 Å². The first-order chi connectivity index (χ1) is 12.6. The number of rotatable bonds is 7. The smallest absolute Gasteiger partial charge is 0.234 e. The van der Waals surface area contributed by atoms with Gasteiger partial charge < -0.3 is 15.2 Å². The predicted octanol–water partition coefficient (Wildman–Crippen LogP) is 1.51. The normalized spacial score (nSPS) is 19.2. The molecule has 0 saturated carbocycles. The van der Waals surface area contributed by atoms with E-state index in [1.165, 1.54) is 6.20 Å². The largest absolute Gasteiger partial charge is 0.497 e. The maximum Gasteiger partial charge on any atom is 0.234 e. The summed E-state index contributed by atoms with van der Waals surface area (Å²) in [4.78, 5) is 22.1. The number of methoxy groups -OCH3 is 1. The van der Waals surface area contributed by atoms with Crippen molar-refractivity contribution in [3.8, 4) is 11.6 Å². The van der Waals surface area contributed by atoms with Crippen LogP contribution in [0.15, 0.2) is 24.4 Å². The Morgan fingerprint density at radius 3 is 3.04 bits per heavy atom. The fourth-order valence-corrected chi connectivity index (χ4v) is 3.06. The van der Waals surface area contributed by atoms with Crippen LogP contribution in [0.2, 0.25) is 0 Å². The number of hydrogen-bond acceptors (Lipinski definition) is 6. The predicted molar refractivity (Wildman–Crippen MR) is 94.6 cm³/mol. The summed E-state index contributed by atoms with van der Waals surface area (Å²) in [5.74, 6) is 0.476. The van der Waals surface area contributed by atoms with Crippen molar-refractivity contribution in [2.75, 3.05) is 26.9 Å². The third-order valence-electron chi connectivity index (χ3n) is 4.40. The van der Waals surface area contributed by atoms with E-state index in [1.807, 2.05) is 11.3 Å². The Hall–Kier alpha value is -2.48. The number of halogens is 1. The Morgan fingerprint density at radius 2 is 2.31 bits per heavy atom. The second-order valence-corrected chi connectivity index (χ2v) is 6.18. The van der Waals surface area contributed by atoms with Gasteiger partial charge in [-0.1, -0.05) is 0 Å². The number of carbonyl (C=O) groups excluding carboxylic acids is 1. The molecule has 1 fully saturated rings. The molecule has 8 heteroatoms. The molecule has 26 heavy (non-hydrogen) atoms. The van der Waals surface area contributed by atoms with Crippen molar-refractivity contribution < 1.29 is 18.7 Å². The number of alkyl halides is 1. The molecule has 0 bridgehead atoms. The topological polar surface area (TPSA) is 90.6 Å². The monoisotopic (exact) mass is 361 g/mol. The number of hydrogen-bond donors (Lipinski definition) is 1. The first-order valence-corrected chi connectivity index (χ1v) is 8.49. The highest BCUT2D eigenvalue weighted by Gasteiger charge is 2.29. The van der Waals surface area contributed by atoms with Crippen molar-refractivity contribution >= 4 is 16.9 Å². The molecule has 3 rings (SSSR count). The molecule has 0 spiro atoms. The Balaban J connectivity index is 1.72. The molecular formula is C18H22FN4O3. The lowest BCUT2D eigenvalue weighted by atomic mass is 10.0. The van der Waals surface area contributed by atoms with Gasteiger partial charge in [-0.15, -0.1) is 0 Å². The zero-order valence-electron chi connectivity index (χ0n) is 14.6. The number of aromatic nitrogens is 2. The van der Waals surface area contributed by atoms with E-state index in [1.54, 1.807) is 25.3 Å². The lowest BCUT2D eigenvalue weighted by molar-refractivity contribution is -0.124.